The highest BCUT2D eigenvalue weighted by molar-refractivity contribution is 5.48. The maximum absolute atomic E-state index is 9.38. The summed E-state index contributed by atoms with van der Waals surface area (Å²) in [5.41, 5.74) is 2.81. The van der Waals surface area contributed by atoms with Gasteiger partial charge in [0.25, 0.3) is 0 Å². The second-order valence-corrected chi connectivity index (χ2v) is 7.06. The molecule has 126 valence electrons. The van der Waals surface area contributed by atoms with Crippen LogP contribution >= 0.6 is 0 Å². The van der Waals surface area contributed by atoms with Crippen LogP contribution in [-0.4, -0.2) is 9.55 Å². The van der Waals surface area contributed by atoms with Gasteiger partial charge in [-0.1, -0.05) is 39.0 Å². The molecule has 0 atom stereocenters. The van der Waals surface area contributed by atoms with E-state index in [-0.39, 0.29) is 5.41 Å². The molecular formula is C21H21N3O. The van der Waals surface area contributed by atoms with E-state index in [4.69, 9.17) is 4.74 Å². The topological polar surface area (TPSA) is 50.8 Å². The van der Waals surface area contributed by atoms with E-state index in [9.17, 15) is 5.26 Å². The van der Waals surface area contributed by atoms with Gasteiger partial charge in [0.2, 0.25) is 0 Å². The Hall–Kier alpha value is -3.06. The maximum atomic E-state index is 9.38. The molecule has 0 radical (unpaired) electrons. The summed E-state index contributed by atoms with van der Waals surface area (Å²) in [6, 6.07) is 15.9. The van der Waals surface area contributed by atoms with Gasteiger partial charge in [-0.25, -0.2) is 4.98 Å². The van der Waals surface area contributed by atoms with Gasteiger partial charge in [0, 0.05) is 18.9 Å². The monoisotopic (exact) mass is 331 g/mol. The molecule has 1 heterocycles. The van der Waals surface area contributed by atoms with E-state index in [0.717, 1.165) is 11.3 Å². The first kappa shape index (κ1) is 16.8. The fourth-order valence-electron chi connectivity index (χ4n) is 2.59. The fraction of sp³-hybridized carbons (Fsp3) is 0.238. The van der Waals surface area contributed by atoms with Crippen LogP contribution < -0.4 is 4.74 Å². The van der Waals surface area contributed by atoms with Crippen LogP contribution in [0.1, 0.15) is 37.5 Å². The molecule has 0 aliphatic rings. The normalized spacial score (nSPS) is 11.1. The summed E-state index contributed by atoms with van der Waals surface area (Å²) >= 11 is 0. The molecule has 1 aromatic heterocycles. The van der Waals surface area contributed by atoms with Gasteiger partial charge in [-0.15, -0.1) is 0 Å². The van der Waals surface area contributed by atoms with E-state index in [1.54, 1.807) is 18.6 Å². The molecule has 0 bridgehead atoms. The molecule has 0 saturated carbocycles. The van der Waals surface area contributed by atoms with Gasteiger partial charge in [0.15, 0.2) is 0 Å². The summed E-state index contributed by atoms with van der Waals surface area (Å²) in [5, 5.41) is 9.38. The highest BCUT2D eigenvalue weighted by atomic mass is 16.5. The van der Waals surface area contributed by atoms with Crippen LogP contribution in [0.4, 0.5) is 0 Å². The van der Waals surface area contributed by atoms with Crippen LogP contribution in [0.25, 0.3) is 0 Å². The van der Waals surface area contributed by atoms with Crippen molar-refractivity contribution in [3.8, 4) is 17.6 Å². The largest absolute Gasteiger partial charge is 0.456 e. The highest BCUT2D eigenvalue weighted by Gasteiger charge is 2.15. The predicted octanol–water partition coefficient (Wildman–Crippen LogP) is 4.89. The Balaban J connectivity index is 1.89. The minimum atomic E-state index is 0.0424. The van der Waals surface area contributed by atoms with Gasteiger partial charge >= 0.3 is 0 Å². The third kappa shape index (κ3) is 4.07. The number of aromatic nitrogens is 2. The number of benzene rings is 2. The van der Waals surface area contributed by atoms with Gasteiger partial charge in [0.05, 0.1) is 11.9 Å². The van der Waals surface area contributed by atoms with Gasteiger partial charge < -0.3 is 9.30 Å². The number of rotatable bonds is 4. The SMILES string of the molecule is CC(C)(C)c1cccc(Oc2cc(Cn3ccnc3)ccc2C#N)c1. The van der Waals surface area contributed by atoms with Crippen LogP contribution in [0.15, 0.2) is 61.2 Å². The van der Waals surface area contributed by atoms with Crippen LogP contribution in [0.5, 0.6) is 11.5 Å². The molecule has 0 N–H and O–H groups in total. The van der Waals surface area contributed by atoms with Crippen molar-refractivity contribution in [2.24, 2.45) is 0 Å². The summed E-state index contributed by atoms with van der Waals surface area (Å²) in [6.45, 7) is 7.18. The second-order valence-electron chi connectivity index (χ2n) is 7.06. The molecule has 0 amide bonds. The van der Waals surface area contributed by atoms with Gasteiger partial charge in [-0.2, -0.15) is 5.26 Å². The minimum absolute atomic E-state index is 0.0424. The molecule has 2 aromatic carbocycles. The van der Waals surface area contributed by atoms with Crippen molar-refractivity contribution in [1.82, 2.24) is 9.55 Å². The van der Waals surface area contributed by atoms with E-state index < -0.39 is 0 Å². The number of ether oxygens (including phenoxy) is 1. The molecule has 0 saturated heterocycles. The van der Waals surface area contributed by atoms with Crippen molar-refractivity contribution in [2.75, 3.05) is 0 Å². The molecule has 0 aliphatic heterocycles. The smallest absolute Gasteiger partial charge is 0.145 e. The van der Waals surface area contributed by atoms with Crippen molar-refractivity contribution in [3.63, 3.8) is 0 Å². The quantitative estimate of drug-likeness (QED) is 0.683. The second kappa shape index (κ2) is 6.82. The summed E-state index contributed by atoms with van der Waals surface area (Å²) in [5.74, 6) is 1.31. The van der Waals surface area contributed by atoms with E-state index in [1.807, 2.05) is 41.1 Å². The van der Waals surface area contributed by atoms with Crippen molar-refractivity contribution in [1.29, 1.82) is 5.26 Å². The summed E-state index contributed by atoms with van der Waals surface area (Å²) in [6.07, 6.45) is 5.43. The summed E-state index contributed by atoms with van der Waals surface area (Å²) in [7, 11) is 0. The fourth-order valence-corrected chi connectivity index (χ4v) is 2.59. The van der Waals surface area contributed by atoms with Gasteiger partial charge in [-0.05, 0) is 40.8 Å². The standard InChI is InChI=1S/C21H21N3O/c1-21(2,3)18-5-4-6-19(12-18)25-20-11-16(7-8-17(20)13-22)14-24-10-9-23-15-24/h4-12,15H,14H2,1-3H3. The lowest BCUT2D eigenvalue weighted by atomic mass is 9.87. The minimum Gasteiger partial charge on any atom is -0.456 e. The number of nitriles is 1. The molecular weight excluding hydrogens is 310 g/mol. The van der Waals surface area contributed by atoms with E-state index in [2.05, 4.69) is 37.9 Å². The molecule has 0 spiro atoms. The zero-order valence-corrected chi connectivity index (χ0v) is 14.7. The molecule has 3 aromatic rings. The van der Waals surface area contributed by atoms with Crippen LogP contribution in [0, 0.1) is 11.3 Å². The number of nitrogens with zero attached hydrogens (tertiary/aromatic N) is 3. The molecule has 3 rings (SSSR count). The number of hydrogen-bond acceptors (Lipinski definition) is 3. The lowest BCUT2D eigenvalue weighted by molar-refractivity contribution is 0.476. The molecule has 0 aliphatic carbocycles. The van der Waals surface area contributed by atoms with Crippen molar-refractivity contribution < 1.29 is 4.74 Å². The molecule has 0 fully saturated rings. The van der Waals surface area contributed by atoms with Crippen LogP contribution in [-0.2, 0) is 12.0 Å². The molecule has 0 unspecified atom stereocenters. The average Bonchev–Trinajstić information content (AvgIpc) is 3.08. The maximum Gasteiger partial charge on any atom is 0.145 e. The van der Waals surface area contributed by atoms with Crippen LogP contribution in [0.3, 0.4) is 0 Å². The van der Waals surface area contributed by atoms with Crippen molar-refractivity contribution >= 4 is 0 Å². The van der Waals surface area contributed by atoms with Crippen molar-refractivity contribution in [3.05, 3.63) is 77.9 Å². The predicted molar refractivity (Wildman–Crippen MR) is 97.7 cm³/mol. The van der Waals surface area contributed by atoms with Gasteiger partial charge in [0.1, 0.15) is 17.6 Å². The zero-order chi connectivity index (χ0) is 17.9. The summed E-state index contributed by atoms with van der Waals surface area (Å²) in [4.78, 5) is 4.05. The Kier molecular flexibility index (Phi) is 4.58. The van der Waals surface area contributed by atoms with E-state index in [1.165, 1.54) is 5.56 Å². The average molecular weight is 331 g/mol. The molecule has 25 heavy (non-hydrogen) atoms. The Morgan fingerprint density at radius 2 is 2.00 bits per heavy atom. The van der Waals surface area contributed by atoms with Gasteiger partial charge in [-0.3, -0.25) is 0 Å². The first-order valence-electron chi connectivity index (χ1n) is 8.23. The lowest BCUT2D eigenvalue weighted by Gasteiger charge is -2.20. The van der Waals surface area contributed by atoms with Crippen LogP contribution in [0.2, 0.25) is 0 Å². The Labute approximate surface area is 148 Å². The van der Waals surface area contributed by atoms with E-state index in [0.29, 0.717) is 17.9 Å². The highest BCUT2D eigenvalue weighted by Crippen LogP contribution is 2.30. The number of imidazole rings is 1. The first-order chi connectivity index (χ1) is 12.0. The third-order valence-electron chi connectivity index (χ3n) is 4.02. The zero-order valence-electron chi connectivity index (χ0n) is 14.7. The third-order valence-corrected chi connectivity index (χ3v) is 4.02. The Morgan fingerprint density at radius 1 is 1.16 bits per heavy atom. The van der Waals surface area contributed by atoms with E-state index >= 15 is 0 Å². The van der Waals surface area contributed by atoms with Crippen molar-refractivity contribution in [2.45, 2.75) is 32.7 Å². The molecule has 4 nitrogen and oxygen atoms in total. The first-order valence-corrected chi connectivity index (χ1v) is 8.23. The number of hydrogen-bond donors (Lipinski definition) is 0. The lowest BCUT2D eigenvalue weighted by Crippen LogP contribution is -2.10. The molecule has 4 heteroatoms. The summed E-state index contributed by atoms with van der Waals surface area (Å²) < 4.78 is 8.03. The Bertz CT molecular complexity index is 900. The Morgan fingerprint density at radius 3 is 2.68 bits per heavy atom.